The number of amides is 1. The summed E-state index contributed by atoms with van der Waals surface area (Å²) in [7, 11) is 1.24. The minimum Gasteiger partial charge on any atom is -0.468 e. The molecule has 0 heterocycles. The predicted molar refractivity (Wildman–Crippen MR) is 74.7 cm³/mol. The van der Waals surface area contributed by atoms with Crippen LogP contribution in [0, 0.1) is 0 Å². The molecule has 0 bridgehead atoms. The molecule has 0 aromatic rings. The van der Waals surface area contributed by atoms with Gasteiger partial charge in [-0.05, 0) is 26.3 Å². The highest BCUT2D eigenvalue weighted by Gasteiger charge is 2.24. The molecule has 0 atom stereocenters. The van der Waals surface area contributed by atoms with Crippen molar-refractivity contribution >= 4 is 12.1 Å². The highest BCUT2D eigenvalue weighted by Crippen LogP contribution is 2.10. The van der Waals surface area contributed by atoms with Crippen molar-refractivity contribution in [3.63, 3.8) is 0 Å². The van der Waals surface area contributed by atoms with Gasteiger partial charge in [0.25, 0.3) is 0 Å². The Balaban J connectivity index is 4.35. The van der Waals surface area contributed by atoms with E-state index in [-0.39, 0.29) is 32.8 Å². The van der Waals surface area contributed by atoms with Crippen LogP contribution >= 0.6 is 0 Å². The Morgan fingerprint density at radius 2 is 1.95 bits per heavy atom. The topological polar surface area (TPSA) is 114 Å². The summed E-state index contributed by atoms with van der Waals surface area (Å²) in [6, 6.07) is 0. The molecule has 0 aromatic heterocycles. The summed E-state index contributed by atoms with van der Waals surface area (Å²) in [6.45, 7) is 5.79. The van der Waals surface area contributed by atoms with Gasteiger partial charge in [0.05, 0.1) is 20.3 Å². The van der Waals surface area contributed by atoms with Gasteiger partial charge in [-0.2, -0.15) is 0 Å². The van der Waals surface area contributed by atoms with Crippen LogP contribution < -0.4 is 0 Å². The summed E-state index contributed by atoms with van der Waals surface area (Å²) < 4.78 is 14.9. The molecule has 0 aromatic carbocycles. The average molecular weight is 302 g/mol. The van der Waals surface area contributed by atoms with E-state index in [9.17, 15) is 9.59 Å². The van der Waals surface area contributed by atoms with Crippen molar-refractivity contribution in [3.05, 3.63) is 10.4 Å². The Morgan fingerprint density at radius 3 is 2.48 bits per heavy atom. The van der Waals surface area contributed by atoms with E-state index in [2.05, 4.69) is 14.8 Å². The molecule has 0 rings (SSSR count). The van der Waals surface area contributed by atoms with Crippen LogP contribution in [-0.2, 0) is 19.0 Å². The highest BCUT2D eigenvalue weighted by atomic mass is 16.6. The number of carbonyl (C=O) groups excluding carboxylic acids is 2. The number of hydrogen-bond donors (Lipinski definition) is 0. The predicted octanol–water partition coefficient (Wildman–Crippen LogP) is 1.72. The van der Waals surface area contributed by atoms with E-state index in [0.717, 1.165) is 0 Å². The SMILES string of the molecule is COC(=O)CN(CCOCCN=[N+]=[N-])C(=O)OC(C)(C)C. The maximum absolute atomic E-state index is 12.0. The fourth-order valence-corrected chi connectivity index (χ4v) is 1.21. The van der Waals surface area contributed by atoms with Gasteiger partial charge < -0.3 is 14.2 Å². The number of methoxy groups -OCH3 is 1. The van der Waals surface area contributed by atoms with Crippen molar-refractivity contribution in [2.45, 2.75) is 26.4 Å². The molecule has 1 amide bonds. The van der Waals surface area contributed by atoms with Crippen LogP contribution in [0.3, 0.4) is 0 Å². The van der Waals surface area contributed by atoms with E-state index in [1.165, 1.54) is 12.0 Å². The zero-order valence-corrected chi connectivity index (χ0v) is 12.9. The molecule has 0 aliphatic rings. The second-order valence-electron chi connectivity index (χ2n) is 5.04. The normalized spacial score (nSPS) is 10.5. The first-order valence-corrected chi connectivity index (χ1v) is 6.43. The van der Waals surface area contributed by atoms with Gasteiger partial charge in [-0.1, -0.05) is 5.11 Å². The van der Waals surface area contributed by atoms with Gasteiger partial charge in [-0.3, -0.25) is 9.69 Å². The maximum Gasteiger partial charge on any atom is 0.410 e. The Labute approximate surface area is 123 Å². The molecule has 0 N–H and O–H groups in total. The van der Waals surface area contributed by atoms with Crippen LogP contribution in [0.5, 0.6) is 0 Å². The van der Waals surface area contributed by atoms with Gasteiger partial charge in [0.2, 0.25) is 0 Å². The number of carbonyl (C=O) groups is 2. The van der Waals surface area contributed by atoms with E-state index >= 15 is 0 Å². The summed E-state index contributed by atoms with van der Waals surface area (Å²) in [6.07, 6.45) is -0.619. The quantitative estimate of drug-likeness (QED) is 0.223. The number of nitrogens with zero attached hydrogens (tertiary/aromatic N) is 4. The van der Waals surface area contributed by atoms with Crippen LogP contribution in [0.4, 0.5) is 4.79 Å². The zero-order chi connectivity index (χ0) is 16.3. The third-order valence-electron chi connectivity index (χ3n) is 2.10. The largest absolute Gasteiger partial charge is 0.468 e. The number of rotatable bonds is 8. The lowest BCUT2D eigenvalue weighted by Crippen LogP contribution is -2.42. The van der Waals surface area contributed by atoms with Crippen molar-refractivity contribution in [2.24, 2.45) is 5.11 Å². The zero-order valence-electron chi connectivity index (χ0n) is 12.9. The lowest BCUT2D eigenvalue weighted by molar-refractivity contribution is -0.142. The number of ether oxygens (including phenoxy) is 3. The second kappa shape index (κ2) is 9.84. The number of hydrogen-bond acceptors (Lipinski definition) is 6. The molecule has 0 aliphatic carbocycles. The summed E-state index contributed by atoms with van der Waals surface area (Å²) >= 11 is 0. The summed E-state index contributed by atoms with van der Waals surface area (Å²) in [4.78, 5) is 27.0. The molecular formula is C12H22N4O5. The monoisotopic (exact) mass is 302 g/mol. The van der Waals surface area contributed by atoms with Crippen molar-refractivity contribution in [1.82, 2.24) is 4.90 Å². The smallest absolute Gasteiger partial charge is 0.410 e. The first-order chi connectivity index (χ1) is 9.80. The number of esters is 1. The lowest BCUT2D eigenvalue weighted by Gasteiger charge is -2.26. The van der Waals surface area contributed by atoms with Crippen LogP contribution in [0.1, 0.15) is 20.8 Å². The van der Waals surface area contributed by atoms with Gasteiger partial charge in [0.1, 0.15) is 12.1 Å². The van der Waals surface area contributed by atoms with Gasteiger partial charge in [0, 0.05) is 18.0 Å². The fraction of sp³-hybridized carbons (Fsp3) is 0.833. The van der Waals surface area contributed by atoms with Crippen LogP contribution in [0.2, 0.25) is 0 Å². The molecule has 9 heteroatoms. The molecule has 0 saturated heterocycles. The van der Waals surface area contributed by atoms with Gasteiger partial charge in [0.15, 0.2) is 0 Å². The lowest BCUT2D eigenvalue weighted by atomic mass is 10.2. The molecule has 0 unspecified atom stereocenters. The molecule has 0 aliphatic heterocycles. The molecular weight excluding hydrogens is 280 g/mol. The number of azide groups is 1. The first-order valence-electron chi connectivity index (χ1n) is 6.43. The van der Waals surface area contributed by atoms with Crippen molar-refractivity contribution in [3.8, 4) is 0 Å². The first kappa shape index (κ1) is 19.0. The van der Waals surface area contributed by atoms with Crippen LogP contribution in [0.15, 0.2) is 5.11 Å². The highest BCUT2D eigenvalue weighted by molar-refractivity contribution is 5.78. The van der Waals surface area contributed by atoms with Crippen molar-refractivity contribution in [2.75, 3.05) is 40.0 Å². The van der Waals surface area contributed by atoms with E-state index in [1.54, 1.807) is 20.8 Å². The molecule has 21 heavy (non-hydrogen) atoms. The third kappa shape index (κ3) is 10.5. The van der Waals surface area contributed by atoms with Gasteiger partial charge >= 0.3 is 12.1 Å². The second-order valence-corrected chi connectivity index (χ2v) is 5.04. The van der Waals surface area contributed by atoms with Crippen LogP contribution in [0.25, 0.3) is 10.4 Å². The van der Waals surface area contributed by atoms with Crippen LogP contribution in [-0.4, -0.2) is 62.5 Å². The minimum atomic E-state index is -0.659. The molecule has 0 fully saturated rings. The molecule has 120 valence electrons. The summed E-state index contributed by atoms with van der Waals surface area (Å²) in [5, 5.41) is 3.31. The Bertz CT molecular complexity index is 388. The van der Waals surface area contributed by atoms with Crippen molar-refractivity contribution < 1.29 is 23.8 Å². The van der Waals surface area contributed by atoms with E-state index < -0.39 is 17.7 Å². The van der Waals surface area contributed by atoms with Gasteiger partial charge in [-0.25, -0.2) is 4.79 Å². The minimum absolute atomic E-state index is 0.167. The fourth-order valence-electron chi connectivity index (χ4n) is 1.21. The molecule has 0 saturated carbocycles. The molecule has 9 nitrogen and oxygen atoms in total. The van der Waals surface area contributed by atoms with Crippen molar-refractivity contribution in [1.29, 1.82) is 0 Å². The maximum atomic E-state index is 12.0. The Morgan fingerprint density at radius 1 is 1.29 bits per heavy atom. The van der Waals surface area contributed by atoms with E-state index in [1.807, 2.05) is 0 Å². The third-order valence-corrected chi connectivity index (χ3v) is 2.10. The average Bonchev–Trinajstić information content (AvgIpc) is 2.39. The Hall–Kier alpha value is -1.99. The van der Waals surface area contributed by atoms with Gasteiger partial charge in [-0.15, -0.1) is 0 Å². The molecule has 0 radical (unpaired) electrons. The van der Waals surface area contributed by atoms with E-state index in [0.29, 0.717) is 0 Å². The Kier molecular flexibility index (Phi) is 8.91. The summed E-state index contributed by atoms with van der Waals surface area (Å²) in [5.74, 6) is -0.546. The summed E-state index contributed by atoms with van der Waals surface area (Å²) in [5.41, 5.74) is 7.44. The standard InChI is InChI=1S/C12H22N4O5/c1-12(2,3)21-11(18)16(9-10(17)19-4)6-8-20-7-5-14-15-13/h5-9H2,1-4H3. The van der Waals surface area contributed by atoms with E-state index in [4.69, 9.17) is 15.0 Å². The molecule has 0 spiro atoms.